The average Bonchev–Trinajstić information content (AvgIpc) is 2.72. The Morgan fingerprint density at radius 2 is 1.68 bits per heavy atom. The Balaban J connectivity index is 1.39. The Bertz CT molecular complexity index is 728. The highest BCUT2D eigenvalue weighted by atomic mass is 16.5. The third kappa shape index (κ3) is 6.05. The molecular weight excluding hydrogens is 354 g/mol. The van der Waals surface area contributed by atoms with Gasteiger partial charge in [-0.3, -0.25) is 14.6 Å². The standard InChI is InChI=1S/C22H29N3O3/c1-2-28-20-10-8-19(9-11-20)23-22(27)17-25-14-12-24(13-15-25)16-21(26)18-6-4-3-5-7-18/h3-11,21,26H,2,12-17H2,1H3,(H,23,27). The van der Waals surface area contributed by atoms with Gasteiger partial charge >= 0.3 is 0 Å². The summed E-state index contributed by atoms with van der Waals surface area (Å²) in [6, 6.07) is 17.2. The molecule has 1 aliphatic rings. The minimum Gasteiger partial charge on any atom is -0.494 e. The normalized spacial score (nSPS) is 16.5. The van der Waals surface area contributed by atoms with Crippen LogP contribution in [0.4, 0.5) is 5.69 Å². The second-order valence-electron chi connectivity index (χ2n) is 7.01. The molecule has 0 aliphatic carbocycles. The predicted octanol–water partition coefficient (Wildman–Crippen LogP) is 2.38. The van der Waals surface area contributed by atoms with Crippen LogP contribution in [0.5, 0.6) is 5.75 Å². The van der Waals surface area contributed by atoms with Crippen molar-refractivity contribution in [1.82, 2.24) is 9.80 Å². The van der Waals surface area contributed by atoms with Gasteiger partial charge in [0.15, 0.2) is 0 Å². The summed E-state index contributed by atoms with van der Waals surface area (Å²) < 4.78 is 5.41. The fourth-order valence-electron chi connectivity index (χ4n) is 3.36. The number of benzene rings is 2. The number of hydrogen-bond donors (Lipinski definition) is 2. The first-order valence-corrected chi connectivity index (χ1v) is 9.84. The van der Waals surface area contributed by atoms with Gasteiger partial charge in [-0.1, -0.05) is 30.3 Å². The van der Waals surface area contributed by atoms with Crippen LogP contribution in [0.1, 0.15) is 18.6 Å². The van der Waals surface area contributed by atoms with E-state index < -0.39 is 6.10 Å². The molecule has 150 valence electrons. The number of amides is 1. The Morgan fingerprint density at radius 1 is 1.04 bits per heavy atom. The zero-order valence-electron chi connectivity index (χ0n) is 16.4. The number of aliphatic hydroxyl groups excluding tert-OH is 1. The van der Waals surface area contributed by atoms with E-state index in [0.717, 1.165) is 43.2 Å². The van der Waals surface area contributed by atoms with Crippen LogP contribution in [0, 0.1) is 0 Å². The number of carbonyl (C=O) groups is 1. The Hall–Kier alpha value is -2.41. The van der Waals surface area contributed by atoms with E-state index >= 15 is 0 Å². The van der Waals surface area contributed by atoms with Gasteiger partial charge in [-0.2, -0.15) is 0 Å². The van der Waals surface area contributed by atoms with Gasteiger partial charge in [0.2, 0.25) is 5.91 Å². The maximum Gasteiger partial charge on any atom is 0.238 e. The van der Waals surface area contributed by atoms with Crippen LogP contribution in [-0.4, -0.2) is 66.7 Å². The number of β-amino-alcohol motifs (C(OH)–C–C–N with tert-alkyl or cyclic N) is 1. The van der Waals surface area contributed by atoms with E-state index in [1.165, 1.54) is 0 Å². The molecule has 0 spiro atoms. The van der Waals surface area contributed by atoms with Gasteiger partial charge in [0, 0.05) is 38.4 Å². The number of nitrogens with zero attached hydrogens (tertiary/aromatic N) is 2. The van der Waals surface area contributed by atoms with Crippen molar-refractivity contribution in [2.45, 2.75) is 13.0 Å². The Kier molecular flexibility index (Phi) is 7.42. The van der Waals surface area contributed by atoms with E-state index in [1.54, 1.807) is 0 Å². The largest absolute Gasteiger partial charge is 0.494 e. The third-order valence-corrected chi connectivity index (χ3v) is 4.90. The van der Waals surface area contributed by atoms with Crippen LogP contribution >= 0.6 is 0 Å². The van der Waals surface area contributed by atoms with Crippen molar-refractivity contribution in [3.8, 4) is 5.75 Å². The van der Waals surface area contributed by atoms with E-state index in [1.807, 2.05) is 61.5 Å². The summed E-state index contributed by atoms with van der Waals surface area (Å²) in [7, 11) is 0. The fourth-order valence-corrected chi connectivity index (χ4v) is 3.36. The second kappa shape index (κ2) is 10.2. The quantitative estimate of drug-likeness (QED) is 0.733. The third-order valence-electron chi connectivity index (χ3n) is 4.90. The molecule has 1 saturated heterocycles. The molecule has 1 unspecified atom stereocenters. The van der Waals surface area contributed by atoms with Gasteiger partial charge in [0.05, 0.1) is 19.3 Å². The van der Waals surface area contributed by atoms with Crippen LogP contribution in [0.3, 0.4) is 0 Å². The number of ether oxygens (including phenoxy) is 1. The molecule has 0 aromatic heterocycles. The summed E-state index contributed by atoms with van der Waals surface area (Å²) in [5.41, 5.74) is 1.72. The number of rotatable bonds is 8. The number of piperazine rings is 1. The zero-order chi connectivity index (χ0) is 19.8. The lowest BCUT2D eigenvalue weighted by Crippen LogP contribution is -2.49. The van der Waals surface area contributed by atoms with Gasteiger partial charge in [0.25, 0.3) is 0 Å². The molecule has 6 nitrogen and oxygen atoms in total. The predicted molar refractivity (Wildman–Crippen MR) is 111 cm³/mol. The molecule has 1 atom stereocenters. The molecule has 0 saturated carbocycles. The van der Waals surface area contributed by atoms with Crippen molar-refractivity contribution in [3.05, 3.63) is 60.2 Å². The van der Waals surface area contributed by atoms with E-state index in [9.17, 15) is 9.90 Å². The molecule has 28 heavy (non-hydrogen) atoms. The maximum atomic E-state index is 12.3. The minimum atomic E-state index is -0.476. The molecular formula is C22H29N3O3. The summed E-state index contributed by atoms with van der Waals surface area (Å²) in [5, 5.41) is 13.3. The zero-order valence-corrected chi connectivity index (χ0v) is 16.4. The maximum absolute atomic E-state index is 12.3. The lowest BCUT2D eigenvalue weighted by atomic mass is 10.1. The SMILES string of the molecule is CCOc1ccc(NC(=O)CN2CCN(CC(O)c3ccccc3)CC2)cc1. The second-order valence-corrected chi connectivity index (χ2v) is 7.01. The average molecular weight is 383 g/mol. The van der Waals surface area contributed by atoms with Crippen molar-refractivity contribution in [2.24, 2.45) is 0 Å². The lowest BCUT2D eigenvalue weighted by Gasteiger charge is -2.35. The van der Waals surface area contributed by atoms with Crippen LogP contribution in [0.15, 0.2) is 54.6 Å². The van der Waals surface area contributed by atoms with Crippen molar-refractivity contribution in [1.29, 1.82) is 0 Å². The molecule has 6 heteroatoms. The number of aliphatic hydroxyl groups is 1. The molecule has 0 bridgehead atoms. The van der Waals surface area contributed by atoms with E-state index in [2.05, 4.69) is 15.1 Å². The van der Waals surface area contributed by atoms with Crippen LogP contribution < -0.4 is 10.1 Å². The summed E-state index contributed by atoms with van der Waals surface area (Å²) >= 11 is 0. The monoisotopic (exact) mass is 383 g/mol. The molecule has 1 aliphatic heterocycles. The molecule has 1 heterocycles. The van der Waals surface area contributed by atoms with E-state index in [0.29, 0.717) is 19.7 Å². The molecule has 3 rings (SSSR count). The molecule has 0 radical (unpaired) electrons. The first-order chi connectivity index (χ1) is 13.6. The number of hydrogen-bond acceptors (Lipinski definition) is 5. The molecule has 2 aromatic rings. The van der Waals surface area contributed by atoms with Gasteiger partial charge < -0.3 is 15.2 Å². The van der Waals surface area contributed by atoms with Crippen LogP contribution in [-0.2, 0) is 4.79 Å². The molecule has 1 amide bonds. The van der Waals surface area contributed by atoms with E-state index in [-0.39, 0.29) is 5.91 Å². The van der Waals surface area contributed by atoms with Gasteiger partial charge in [-0.15, -0.1) is 0 Å². The highest BCUT2D eigenvalue weighted by molar-refractivity contribution is 5.92. The number of nitrogens with one attached hydrogen (secondary N) is 1. The summed E-state index contributed by atoms with van der Waals surface area (Å²) in [6.45, 7) is 6.90. The first kappa shape index (κ1) is 20.3. The Morgan fingerprint density at radius 3 is 2.32 bits per heavy atom. The lowest BCUT2D eigenvalue weighted by molar-refractivity contribution is -0.117. The topological polar surface area (TPSA) is 65.0 Å². The van der Waals surface area contributed by atoms with E-state index in [4.69, 9.17) is 4.74 Å². The highest BCUT2D eigenvalue weighted by Gasteiger charge is 2.21. The highest BCUT2D eigenvalue weighted by Crippen LogP contribution is 2.16. The van der Waals surface area contributed by atoms with Crippen molar-refractivity contribution in [2.75, 3.05) is 51.2 Å². The van der Waals surface area contributed by atoms with Gasteiger partial charge in [0.1, 0.15) is 5.75 Å². The van der Waals surface area contributed by atoms with Crippen molar-refractivity contribution in [3.63, 3.8) is 0 Å². The number of carbonyl (C=O) groups excluding carboxylic acids is 1. The summed E-state index contributed by atoms with van der Waals surface area (Å²) in [6.07, 6.45) is -0.476. The number of anilines is 1. The van der Waals surface area contributed by atoms with Gasteiger partial charge in [-0.25, -0.2) is 0 Å². The van der Waals surface area contributed by atoms with Crippen LogP contribution in [0.25, 0.3) is 0 Å². The van der Waals surface area contributed by atoms with Gasteiger partial charge in [-0.05, 0) is 36.8 Å². The molecule has 2 aromatic carbocycles. The smallest absolute Gasteiger partial charge is 0.238 e. The van der Waals surface area contributed by atoms with Crippen molar-refractivity contribution >= 4 is 11.6 Å². The van der Waals surface area contributed by atoms with Crippen molar-refractivity contribution < 1.29 is 14.6 Å². The minimum absolute atomic E-state index is 0.0121. The van der Waals surface area contributed by atoms with Crippen LogP contribution in [0.2, 0.25) is 0 Å². The Labute approximate surface area is 166 Å². The molecule has 1 fully saturated rings. The summed E-state index contributed by atoms with van der Waals surface area (Å²) in [4.78, 5) is 16.7. The fraction of sp³-hybridized carbons (Fsp3) is 0.409. The molecule has 2 N–H and O–H groups in total. The summed E-state index contributed by atoms with van der Waals surface area (Å²) in [5.74, 6) is 0.788. The first-order valence-electron chi connectivity index (χ1n) is 9.84.